The molecule has 0 bridgehead atoms. The van der Waals surface area contributed by atoms with Crippen LogP contribution < -0.4 is 0 Å². The second-order valence-corrected chi connectivity index (χ2v) is 4.45. The Labute approximate surface area is 128 Å². The minimum Gasteiger partial charge on any atom is -0.494 e. The molecule has 0 fully saturated rings. The molecule has 0 heterocycles. The third-order valence-corrected chi connectivity index (χ3v) is 2.71. The fourth-order valence-electron chi connectivity index (χ4n) is 1.58. The van der Waals surface area contributed by atoms with Crippen molar-refractivity contribution in [2.24, 2.45) is 0 Å². The second kappa shape index (κ2) is 11.4. The van der Waals surface area contributed by atoms with E-state index < -0.39 is 0 Å². The molecule has 20 heavy (non-hydrogen) atoms. The summed E-state index contributed by atoms with van der Waals surface area (Å²) in [4.78, 5) is 11.5. The number of allylic oxidation sites excluding steroid dienone is 6. The summed E-state index contributed by atoms with van der Waals surface area (Å²) in [5.41, 5.74) is 1.37. The maximum atomic E-state index is 11.5. The molecule has 2 nitrogen and oxygen atoms in total. The van der Waals surface area contributed by atoms with E-state index in [1.165, 1.54) is 0 Å². The third kappa shape index (κ3) is 7.19. The van der Waals surface area contributed by atoms with Gasteiger partial charge in [0, 0.05) is 5.57 Å². The Hall–Kier alpha value is -1.48. The Morgan fingerprint density at radius 2 is 2.05 bits per heavy atom. The van der Waals surface area contributed by atoms with Crippen molar-refractivity contribution in [1.82, 2.24) is 0 Å². The SMILES string of the molecule is C=CCCOC(/C=C(/C=C\C)C(=C/C)\C(=O)S)=C/CC. The number of ether oxygens (including phenoxy) is 1. The lowest BCUT2D eigenvalue weighted by Gasteiger charge is -2.09. The van der Waals surface area contributed by atoms with Crippen molar-refractivity contribution in [1.29, 1.82) is 0 Å². The van der Waals surface area contributed by atoms with E-state index >= 15 is 0 Å². The maximum absolute atomic E-state index is 11.5. The molecule has 0 saturated carbocycles. The Morgan fingerprint density at radius 1 is 1.35 bits per heavy atom. The van der Waals surface area contributed by atoms with Gasteiger partial charge in [-0.15, -0.1) is 19.2 Å². The average molecular weight is 292 g/mol. The number of carbonyl (C=O) groups excluding carboxylic acids is 1. The maximum Gasteiger partial charge on any atom is 0.216 e. The fraction of sp³-hybridized carbons (Fsp3) is 0.353. The van der Waals surface area contributed by atoms with Crippen LogP contribution in [-0.2, 0) is 9.53 Å². The topological polar surface area (TPSA) is 26.3 Å². The largest absolute Gasteiger partial charge is 0.494 e. The summed E-state index contributed by atoms with van der Waals surface area (Å²) in [7, 11) is 0. The first-order valence-corrected chi connectivity index (χ1v) is 7.23. The Morgan fingerprint density at radius 3 is 2.50 bits per heavy atom. The lowest BCUT2D eigenvalue weighted by atomic mass is 10.1. The first-order chi connectivity index (χ1) is 9.60. The molecule has 0 aromatic heterocycles. The van der Waals surface area contributed by atoms with Gasteiger partial charge in [-0.1, -0.05) is 31.2 Å². The molecule has 0 aliphatic carbocycles. The second-order valence-electron chi connectivity index (χ2n) is 4.05. The van der Waals surface area contributed by atoms with Gasteiger partial charge >= 0.3 is 0 Å². The van der Waals surface area contributed by atoms with Crippen LogP contribution >= 0.6 is 12.6 Å². The van der Waals surface area contributed by atoms with Crippen LogP contribution in [0.5, 0.6) is 0 Å². The van der Waals surface area contributed by atoms with Crippen LogP contribution in [0, 0.1) is 0 Å². The standard InChI is InChI=1S/C17H24O2S/c1-5-9-12-19-15(11-7-3)13-14(10-6-2)16(8-4)17(18)20/h5-6,8,10-11,13H,1,7,9,12H2,2-4H3,(H,18,20)/b10-6-,14-13-,15-11+,16-8+. The number of carbonyl (C=O) groups is 1. The van der Waals surface area contributed by atoms with Crippen molar-refractivity contribution in [3.8, 4) is 0 Å². The number of hydrogen-bond acceptors (Lipinski definition) is 2. The molecule has 0 aliphatic heterocycles. The van der Waals surface area contributed by atoms with Crippen molar-refractivity contribution in [2.75, 3.05) is 6.61 Å². The van der Waals surface area contributed by atoms with E-state index in [1.807, 2.05) is 51.2 Å². The van der Waals surface area contributed by atoms with Crippen LogP contribution in [0.1, 0.15) is 33.6 Å². The first kappa shape index (κ1) is 18.5. The van der Waals surface area contributed by atoms with Crippen LogP contribution in [0.15, 0.2) is 59.9 Å². The molecule has 0 rings (SSSR count). The number of rotatable bonds is 9. The van der Waals surface area contributed by atoms with E-state index in [0.29, 0.717) is 12.2 Å². The summed E-state index contributed by atoms with van der Waals surface area (Å²) >= 11 is 3.91. The molecule has 0 atom stereocenters. The monoisotopic (exact) mass is 292 g/mol. The number of hydrogen-bond donors (Lipinski definition) is 1. The Kier molecular flexibility index (Phi) is 10.5. The molecule has 0 radical (unpaired) electrons. The van der Waals surface area contributed by atoms with Crippen LogP contribution in [-0.4, -0.2) is 11.7 Å². The van der Waals surface area contributed by atoms with E-state index in [2.05, 4.69) is 19.2 Å². The zero-order valence-corrected chi connectivity index (χ0v) is 13.5. The highest BCUT2D eigenvalue weighted by molar-refractivity contribution is 7.97. The number of thiol groups is 1. The van der Waals surface area contributed by atoms with Gasteiger partial charge in [-0.05, 0) is 44.4 Å². The average Bonchev–Trinajstić information content (AvgIpc) is 2.39. The molecule has 0 saturated heterocycles. The summed E-state index contributed by atoms with van der Waals surface area (Å²) in [5, 5.41) is -0.251. The van der Waals surface area contributed by atoms with Gasteiger partial charge in [-0.25, -0.2) is 0 Å². The zero-order chi connectivity index (χ0) is 15.4. The zero-order valence-electron chi connectivity index (χ0n) is 12.6. The molecule has 0 aromatic rings. The van der Waals surface area contributed by atoms with Gasteiger partial charge in [0.1, 0.15) is 5.76 Å². The van der Waals surface area contributed by atoms with E-state index in [0.717, 1.165) is 24.2 Å². The molecule has 0 aliphatic rings. The minimum atomic E-state index is -0.251. The van der Waals surface area contributed by atoms with Gasteiger partial charge in [0.25, 0.3) is 0 Å². The third-order valence-electron chi connectivity index (χ3n) is 2.47. The highest BCUT2D eigenvalue weighted by Crippen LogP contribution is 2.18. The molecule has 0 amide bonds. The molecule has 3 heteroatoms. The normalized spacial score (nSPS) is 13.7. The van der Waals surface area contributed by atoms with Crippen molar-refractivity contribution >= 4 is 17.7 Å². The van der Waals surface area contributed by atoms with Crippen molar-refractivity contribution in [3.63, 3.8) is 0 Å². The summed E-state index contributed by atoms with van der Waals surface area (Å²) < 4.78 is 5.69. The smallest absolute Gasteiger partial charge is 0.216 e. The first-order valence-electron chi connectivity index (χ1n) is 6.78. The highest BCUT2D eigenvalue weighted by atomic mass is 32.1. The lowest BCUT2D eigenvalue weighted by molar-refractivity contribution is -0.107. The Bertz CT molecular complexity index is 440. The van der Waals surface area contributed by atoms with Crippen LogP contribution in [0.3, 0.4) is 0 Å². The van der Waals surface area contributed by atoms with E-state index in [1.54, 1.807) is 6.08 Å². The molecular weight excluding hydrogens is 268 g/mol. The predicted molar refractivity (Wildman–Crippen MR) is 89.8 cm³/mol. The van der Waals surface area contributed by atoms with E-state index in [9.17, 15) is 4.79 Å². The van der Waals surface area contributed by atoms with Crippen LogP contribution in [0.2, 0.25) is 0 Å². The van der Waals surface area contributed by atoms with Gasteiger partial charge in [-0.3, -0.25) is 4.79 Å². The van der Waals surface area contributed by atoms with E-state index in [-0.39, 0.29) is 5.12 Å². The fourth-order valence-corrected chi connectivity index (χ4v) is 1.84. The van der Waals surface area contributed by atoms with E-state index in [4.69, 9.17) is 4.74 Å². The molecule has 0 unspecified atom stereocenters. The predicted octanol–water partition coefficient (Wildman–Crippen LogP) is 4.78. The molecular formula is C17H24O2S. The summed E-state index contributed by atoms with van der Waals surface area (Å²) in [6, 6.07) is 0. The molecule has 0 N–H and O–H groups in total. The van der Waals surface area contributed by atoms with Crippen molar-refractivity contribution in [2.45, 2.75) is 33.6 Å². The van der Waals surface area contributed by atoms with Gasteiger partial charge in [0.05, 0.1) is 6.61 Å². The lowest BCUT2D eigenvalue weighted by Crippen LogP contribution is -1.99. The van der Waals surface area contributed by atoms with Crippen LogP contribution in [0.4, 0.5) is 0 Å². The van der Waals surface area contributed by atoms with Gasteiger partial charge in [-0.2, -0.15) is 0 Å². The van der Waals surface area contributed by atoms with Gasteiger partial charge in [0.2, 0.25) is 5.12 Å². The minimum absolute atomic E-state index is 0.251. The summed E-state index contributed by atoms with van der Waals surface area (Å²) in [6.07, 6.45) is 12.9. The van der Waals surface area contributed by atoms with Crippen LogP contribution in [0.25, 0.3) is 0 Å². The van der Waals surface area contributed by atoms with Gasteiger partial charge in [0.15, 0.2) is 0 Å². The van der Waals surface area contributed by atoms with Gasteiger partial charge < -0.3 is 4.74 Å². The molecule has 110 valence electrons. The quantitative estimate of drug-likeness (QED) is 0.165. The Balaban J connectivity index is 5.34. The summed E-state index contributed by atoms with van der Waals surface area (Å²) in [5.74, 6) is 0.761. The van der Waals surface area contributed by atoms with Crippen molar-refractivity contribution < 1.29 is 9.53 Å². The molecule has 0 spiro atoms. The molecule has 0 aromatic carbocycles. The highest BCUT2D eigenvalue weighted by Gasteiger charge is 2.08. The van der Waals surface area contributed by atoms with Crippen molar-refractivity contribution in [3.05, 3.63) is 59.9 Å². The summed E-state index contributed by atoms with van der Waals surface area (Å²) in [6.45, 7) is 10.0.